The molecule has 1 heterocycles. The molecule has 4 heteroatoms. The minimum absolute atomic E-state index is 0.435. The van der Waals surface area contributed by atoms with Crippen LogP contribution in [0.15, 0.2) is 22.7 Å². The van der Waals surface area contributed by atoms with Gasteiger partial charge in [0, 0.05) is 29.3 Å². The fourth-order valence-corrected chi connectivity index (χ4v) is 3.58. The van der Waals surface area contributed by atoms with Crippen molar-refractivity contribution in [3.8, 4) is 0 Å². The Kier molecular flexibility index (Phi) is 4.54. The van der Waals surface area contributed by atoms with Gasteiger partial charge in [-0.1, -0.05) is 28.9 Å². The number of aliphatic hydroxyl groups is 1. The van der Waals surface area contributed by atoms with Crippen molar-refractivity contribution in [3.05, 3.63) is 28.2 Å². The van der Waals surface area contributed by atoms with Crippen LogP contribution in [0.1, 0.15) is 25.5 Å². The smallest absolute Gasteiger partial charge is 0.0772 e. The standard InChI is InChI=1S/C15H23BrN2O/c1-10-8-18(9-15(10)17(3)4)12-5-6-13(11(2)19)14(16)7-12/h5-7,10-11,15,19H,8-9H2,1-4H3. The zero-order valence-electron chi connectivity index (χ0n) is 12.1. The number of anilines is 1. The first-order chi connectivity index (χ1) is 8.90. The normalized spacial score (nSPS) is 25.1. The molecule has 3 atom stereocenters. The van der Waals surface area contributed by atoms with Gasteiger partial charge in [-0.2, -0.15) is 0 Å². The summed E-state index contributed by atoms with van der Waals surface area (Å²) >= 11 is 3.56. The second kappa shape index (κ2) is 5.81. The molecule has 106 valence electrons. The second-order valence-electron chi connectivity index (χ2n) is 5.80. The van der Waals surface area contributed by atoms with Crippen molar-refractivity contribution in [1.82, 2.24) is 4.90 Å². The maximum Gasteiger partial charge on any atom is 0.0772 e. The predicted octanol–water partition coefficient (Wildman–Crippen LogP) is 2.89. The molecule has 1 N–H and O–H groups in total. The molecule has 0 aromatic heterocycles. The Morgan fingerprint density at radius 3 is 2.53 bits per heavy atom. The SMILES string of the molecule is CC(O)c1ccc(N2CC(C)C(N(C)C)C2)cc1Br. The second-order valence-corrected chi connectivity index (χ2v) is 6.65. The quantitative estimate of drug-likeness (QED) is 0.925. The molecule has 0 amide bonds. The van der Waals surface area contributed by atoms with E-state index in [1.165, 1.54) is 5.69 Å². The van der Waals surface area contributed by atoms with Gasteiger partial charge in [-0.3, -0.25) is 0 Å². The lowest BCUT2D eigenvalue weighted by Crippen LogP contribution is -2.34. The summed E-state index contributed by atoms with van der Waals surface area (Å²) in [6, 6.07) is 6.84. The van der Waals surface area contributed by atoms with E-state index in [9.17, 15) is 5.11 Å². The summed E-state index contributed by atoms with van der Waals surface area (Å²) in [6.45, 7) is 6.25. The number of aliphatic hydroxyl groups excluding tert-OH is 1. The Hall–Kier alpha value is -0.580. The van der Waals surface area contributed by atoms with E-state index in [0.717, 1.165) is 23.1 Å². The zero-order valence-corrected chi connectivity index (χ0v) is 13.7. The molecular weight excluding hydrogens is 304 g/mol. The van der Waals surface area contributed by atoms with Crippen LogP contribution in [-0.4, -0.2) is 43.2 Å². The van der Waals surface area contributed by atoms with E-state index in [4.69, 9.17) is 0 Å². The topological polar surface area (TPSA) is 26.7 Å². The fourth-order valence-electron chi connectivity index (χ4n) is 2.88. The first-order valence-corrected chi connectivity index (χ1v) is 7.58. The third kappa shape index (κ3) is 3.12. The maximum atomic E-state index is 9.67. The highest BCUT2D eigenvalue weighted by Crippen LogP contribution is 2.31. The molecule has 1 saturated heterocycles. The van der Waals surface area contributed by atoms with Gasteiger partial charge in [-0.05, 0) is 44.6 Å². The Bertz CT molecular complexity index is 448. The molecule has 0 saturated carbocycles. The van der Waals surface area contributed by atoms with Crippen LogP contribution in [0.5, 0.6) is 0 Å². The molecule has 0 bridgehead atoms. The Labute approximate surface area is 124 Å². The number of likely N-dealkylation sites (N-methyl/N-ethyl adjacent to an activating group) is 1. The van der Waals surface area contributed by atoms with Gasteiger partial charge in [0.25, 0.3) is 0 Å². The average molecular weight is 327 g/mol. The molecule has 1 aliphatic rings. The van der Waals surface area contributed by atoms with Crippen LogP contribution >= 0.6 is 15.9 Å². The number of benzene rings is 1. The Morgan fingerprint density at radius 1 is 1.37 bits per heavy atom. The first kappa shape index (κ1) is 14.8. The van der Waals surface area contributed by atoms with E-state index in [1.54, 1.807) is 6.92 Å². The van der Waals surface area contributed by atoms with E-state index in [0.29, 0.717) is 12.0 Å². The van der Waals surface area contributed by atoms with Crippen LogP contribution in [0.4, 0.5) is 5.69 Å². The van der Waals surface area contributed by atoms with Crippen LogP contribution in [0.3, 0.4) is 0 Å². The van der Waals surface area contributed by atoms with Gasteiger partial charge in [0.2, 0.25) is 0 Å². The van der Waals surface area contributed by atoms with Gasteiger partial charge in [0.1, 0.15) is 0 Å². The van der Waals surface area contributed by atoms with Crippen molar-refractivity contribution in [2.75, 3.05) is 32.1 Å². The highest BCUT2D eigenvalue weighted by Gasteiger charge is 2.31. The molecule has 1 aliphatic heterocycles. The van der Waals surface area contributed by atoms with Crippen molar-refractivity contribution in [1.29, 1.82) is 0 Å². The monoisotopic (exact) mass is 326 g/mol. The maximum absolute atomic E-state index is 9.67. The summed E-state index contributed by atoms with van der Waals surface area (Å²) in [5, 5.41) is 9.67. The summed E-state index contributed by atoms with van der Waals surface area (Å²) < 4.78 is 0.987. The summed E-state index contributed by atoms with van der Waals surface area (Å²) in [6.07, 6.45) is -0.435. The summed E-state index contributed by atoms with van der Waals surface area (Å²) in [5.41, 5.74) is 2.17. The van der Waals surface area contributed by atoms with Crippen LogP contribution in [0.2, 0.25) is 0 Å². The van der Waals surface area contributed by atoms with E-state index < -0.39 is 6.10 Å². The van der Waals surface area contributed by atoms with Crippen molar-refractivity contribution in [3.63, 3.8) is 0 Å². The predicted molar refractivity (Wildman–Crippen MR) is 83.6 cm³/mol. The molecule has 1 aromatic rings. The van der Waals surface area contributed by atoms with Crippen molar-refractivity contribution in [2.45, 2.75) is 26.0 Å². The van der Waals surface area contributed by atoms with Crippen molar-refractivity contribution < 1.29 is 5.11 Å². The van der Waals surface area contributed by atoms with Gasteiger partial charge in [0.15, 0.2) is 0 Å². The minimum Gasteiger partial charge on any atom is -0.389 e. The van der Waals surface area contributed by atoms with E-state index in [1.807, 2.05) is 6.07 Å². The highest BCUT2D eigenvalue weighted by molar-refractivity contribution is 9.10. The van der Waals surface area contributed by atoms with E-state index >= 15 is 0 Å². The van der Waals surface area contributed by atoms with Crippen molar-refractivity contribution in [2.24, 2.45) is 5.92 Å². The first-order valence-electron chi connectivity index (χ1n) is 6.79. The number of rotatable bonds is 3. The van der Waals surface area contributed by atoms with E-state index in [-0.39, 0.29) is 0 Å². The number of halogens is 1. The third-order valence-corrected chi connectivity index (χ3v) is 4.72. The zero-order chi connectivity index (χ0) is 14.2. The van der Waals surface area contributed by atoms with Crippen LogP contribution in [-0.2, 0) is 0 Å². The molecule has 3 unspecified atom stereocenters. The molecule has 3 nitrogen and oxygen atoms in total. The lowest BCUT2D eigenvalue weighted by atomic mass is 10.1. The number of hydrogen-bond acceptors (Lipinski definition) is 3. The van der Waals surface area contributed by atoms with Gasteiger partial charge in [-0.15, -0.1) is 0 Å². The molecular formula is C15H23BrN2O. The Morgan fingerprint density at radius 2 is 2.05 bits per heavy atom. The highest BCUT2D eigenvalue weighted by atomic mass is 79.9. The third-order valence-electron chi connectivity index (χ3n) is 4.04. The van der Waals surface area contributed by atoms with Gasteiger partial charge in [0.05, 0.1) is 6.10 Å². The van der Waals surface area contributed by atoms with Crippen LogP contribution < -0.4 is 4.90 Å². The fraction of sp³-hybridized carbons (Fsp3) is 0.600. The van der Waals surface area contributed by atoms with Gasteiger partial charge >= 0.3 is 0 Å². The van der Waals surface area contributed by atoms with Crippen LogP contribution in [0.25, 0.3) is 0 Å². The lowest BCUT2D eigenvalue weighted by Gasteiger charge is -2.23. The van der Waals surface area contributed by atoms with E-state index in [2.05, 4.69) is 58.9 Å². The Balaban J connectivity index is 2.18. The summed E-state index contributed by atoms with van der Waals surface area (Å²) in [7, 11) is 4.30. The molecule has 2 rings (SSSR count). The largest absolute Gasteiger partial charge is 0.389 e. The number of nitrogens with zero attached hydrogens (tertiary/aromatic N) is 2. The van der Waals surface area contributed by atoms with Gasteiger partial charge in [-0.25, -0.2) is 0 Å². The molecule has 0 aliphatic carbocycles. The molecule has 19 heavy (non-hydrogen) atoms. The minimum atomic E-state index is -0.435. The summed E-state index contributed by atoms with van der Waals surface area (Å²) in [5.74, 6) is 0.671. The lowest BCUT2D eigenvalue weighted by molar-refractivity contribution is 0.198. The molecule has 0 spiro atoms. The molecule has 1 fully saturated rings. The van der Waals surface area contributed by atoms with Crippen LogP contribution in [0, 0.1) is 5.92 Å². The van der Waals surface area contributed by atoms with Crippen molar-refractivity contribution >= 4 is 21.6 Å². The summed E-state index contributed by atoms with van der Waals surface area (Å²) in [4.78, 5) is 4.73. The number of hydrogen-bond donors (Lipinski definition) is 1. The molecule has 1 aromatic carbocycles. The van der Waals surface area contributed by atoms with Gasteiger partial charge < -0.3 is 14.9 Å². The molecule has 0 radical (unpaired) electrons. The average Bonchev–Trinajstić information content (AvgIpc) is 2.70.